The van der Waals surface area contributed by atoms with E-state index in [2.05, 4.69) is 6.26 Å². The minimum atomic E-state index is -1.03. The van der Waals surface area contributed by atoms with Crippen LogP contribution in [0.3, 0.4) is 0 Å². The summed E-state index contributed by atoms with van der Waals surface area (Å²) >= 11 is 0. The van der Waals surface area contributed by atoms with E-state index in [4.69, 9.17) is 14.2 Å². The first-order valence-electron chi connectivity index (χ1n) is 10.9. The molecular weight excluding hydrogens is 445 g/mol. The molecule has 0 aliphatic carbocycles. The molecule has 176 valence electrons. The number of carbonyl (C=O) groups excluding carboxylic acids is 2. The zero-order chi connectivity index (χ0) is 22.6. The van der Waals surface area contributed by atoms with Crippen molar-refractivity contribution in [1.29, 1.82) is 0 Å². The molecule has 4 rings (SSSR count). The third-order valence-corrected chi connectivity index (χ3v) is 6.04. The number of hydrogen-bond donors (Lipinski definition) is 0. The summed E-state index contributed by atoms with van der Waals surface area (Å²) in [5.41, 5.74) is 1.95. The van der Waals surface area contributed by atoms with E-state index in [1.807, 2.05) is 60.7 Å². The number of amides is 1. The number of hydrogen-bond acceptors (Lipinski definition) is 6. The Morgan fingerprint density at radius 2 is 1.56 bits per heavy atom. The molecule has 1 amide bonds. The molecule has 0 unspecified atom stereocenters. The van der Waals surface area contributed by atoms with Crippen molar-refractivity contribution < 1.29 is 58.8 Å². The van der Waals surface area contributed by atoms with Gasteiger partial charge in [0.2, 0.25) is 5.79 Å². The number of carbonyl (C=O) groups is 2. The van der Waals surface area contributed by atoms with Gasteiger partial charge in [0.1, 0.15) is 6.61 Å². The molecule has 7 nitrogen and oxygen atoms in total. The summed E-state index contributed by atoms with van der Waals surface area (Å²) in [5, 5.41) is 0. The minimum Gasteiger partial charge on any atom is -0.870 e. The molecule has 0 atom stereocenters. The predicted octanol–water partition coefficient (Wildman–Crippen LogP) is 1.47. The molecule has 0 bridgehead atoms. The van der Waals surface area contributed by atoms with E-state index >= 15 is 0 Å². The molecule has 0 spiro atoms. The number of likely N-dealkylation sites (tertiary alicyclic amines) is 1. The molecule has 0 radical (unpaired) electrons. The van der Waals surface area contributed by atoms with Crippen LogP contribution in [0.2, 0.25) is 0 Å². The zero-order valence-corrected chi connectivity index (χ0v) is 22.0. The van der Waals surface area contributed by atoms with Crippen LogP contribution in [0.5, 0.6) is 0 Å². The number of esters is 1. The van der Waals surface area contributed by atoms with Crippen molar-refractivity contribution >= 4 is 12.1 Å². The Morgan fingerprint density at radius 1 is 1.00 bits per heavy atom. The molecule has 2 aromatic rings. The Bertz CT molecular complexity index is 985. The maximum atomic E-state index is 12.9. The predicted molar refractivity (Wildman–Crippen MR) is 120 cm³/mol. The maximum Gasteiger partial charge on any atom is 1.00 e. The van der Waals surface area contributed by atoms with Gasteiger partial charge in [-0.3, -0.25) is 0 Å². The minimum absolute atomic E-state index is 0. The van der Waals surface area contributed by atoms with Gasteiger partial charge in [-0.15, -0.1) is 0 Å². The van der Waals surface area contributed by atoms with E-state index in [0.29, 0.717) is 37.9 Å². The van der Waals surface area contributed by atoms with Crippen LogP contribution in [0, 0.1) is 11.7 Å². The normalized spacial score (nSPS) is 18.2. The van der Waals surface area contributed by atoms with Gasteiger partial charge in [-0.1, -0.05) is 72.5 Å². The quantitative estimate of drug-likeness (QED) is 0.370. The third kappa shape index (κ3) is 6.63. The van der Waals surface area contributed by atoms with Gasteiger partial charge in [-0.2, -0.15) is 0 Å². The monoisotopic (exact) mass is 474 g/mol. The second-order valence-corrected chi connectivity index (χ2v) is 8.84. The molecule has 0 saturated carbocycles. The van der Waals surface area contributed by atoms with Gasteiger partial charge in [0.25, 0.3) is 0 Å². The number of cyclic esters (lactones) is 1. The summed E-state index contributed by atoms with van der Waals surface area (Å²) in [6.45, 7) is 4.55. The Morgan fingerprint density at radius 3 is 2.12 bits per heavy atom. The maximum absolute atomic E-state index is 12.9. The van der Waals surface area contributed by atoms with Crippen molar-refractivity contribution in [3.63, 3.8) is 0 Å². The van der Waals surface area contributed by atoms with Crippen molar-refractivity contribution in [3.05, 3.63) is 83.6 Å². The van der Waals surface area contributed by atoms with Gasteiger partial charge in [-0.05, 0) is 35.8 Å². The molecule has 8 heteroatoms. The molecule has 0 aromatic heterocycles. The molecule has 2 heterocycles. The Balaban J connectivity index is 0.00000204. The molecule has 1 saturated heterocycles. The van der Waals surface area contributed by atoms with E-state index < -0.39 is 17.2 Å². The molecule has 2 aliphatic rings. The fourth-order valence-corrected chi connectivity index (χ4v) is 4.27. The first-order chi connectivity index (χ1) is 15.4. The van der Waals surface area contributed by atoms with E-state index in [-0.39, 0.29) is 47.7 Å². The van der Waals surface area contributed by atoms with Crippen molar-refractivity contribution in [2.45, 2.75) is 45.5 Å². The SMILES string of the molecule is CC1(C)O[C-]=C(C2(Cc3ccccc3)CCN(C(=O)OCc3ccccc3)CC2)C(=O)O1.[Na+].[OH-]. The number of nitrogens with zero attached hydrogens (tertiary/aromatic N) is 1. The van der Waals surface area contributed by atoms with Crippen molar-refractivity contribution in [2.24, 2.45) is 5.41 Å². The summed E-state index contributed by atoms with van der Waals surface area (Å²) in [4.78, 5) is 27.2. The fraction of sp³-hybridized carbons (Fsp3) is 0.385. The first kappa shape index (κ1) is 27.9. The zero-order valence-electron chi connectivity index (χ0n) is 20.0. The molecule has 2 aliphatic heterocycles. The average Bonchev–Trinajstić information content (AvgIpc) is 2.78. The smallest absolute Gasteiger partial charge is 0.870 e. The topological polar surface area (TPSA) is 95.1 Å². The van der Waals surface area contributed by atoms with E-state index in [1.165, 1.54) is 0 Å². The van der Waals surface area contributed by atoms with Gasteiger partial charge < -0.3 is 29.4 Å². The van der Waals surface area contributed by atoms with Crippen LogP contribution in [0.1, 0.15) is 37.8 Å². The Labute approximate surface area is 222 Å². The second-order valence-electron chi connectivity index (χ2n) is 8.84. The summed E-state index contributed by atoms with van der Waals surface area (Å²) in [6.07, 6.45) is 4.36. The molecule has 1 fully saturated rings. The van der Waals surface area contributed by atoms with Crippen LogP contribution in [0.4, 0.5) is 4.79 Å². The van der Waals surface area contributed by atoms with Crippen LogP contribution in [-0.2, 0) is 32.0 Å². The van der Waals surface area contributed by atoms with Crippen LogP contribution in [0.15, 0.2) is 66.2 Å². The number of ether oxygens (including phenoxy) is 3. The molecule has 34 heavy (non-hydrogen) atoms. The van der Waals surface area contributed by atoms with Gasteiger partial charge in [-0.25, -0.2) is 4.79 Å². The Kier molecular flexibility index (Phi) is 9.76. The van der Waals surface area contributed by atoms with Gasteiger partial charge in [0, 0.05) is 26.9 Å². The number of benzene rings is 2. The van der Waals surface area contributed by atoms with Crippen LogP contribution in [-0.4, -0.2) is 41.3 Å². The van der Waals surface area contributed by atoms with Gasteiger partial charge in [0.05, 0.1) is 0 Å². The fourth-order valence-electron chi connectivity index (χ4n) is 4.27. The Hall–Kier alpha value is -2.32. The third-order valence-electron chi connectivity index (χ3n) is 6.04. The van der Waals surface area contributed by atoms with Crippen molar-refractivity contribution in [2.75, 3.05) is 13.1 Å². The summed E-state index contributed by atoms with van der Waals surface area (Å²) in [5.74, 6) is -1.44. The van der Waals surface area contributed by atoms with E-state index in [9.17, 15) is 9.59 Å². The summed E-state index contributed by atoms with van der Waals surface area (Å²) in [6, 6.07) is 19.6. The van der Waals surface area contributed by atoms with Crippen LogP contribution >= 0.6 is 0 Å². The largest absolute Gasteiger partial charge is 1.00 e. The van der Waals surface area contributed by atoms with Crippen molar-refractivity contribution in [3.8, 4) is 0 Å². The first-order valence-corrected chi connectivity index (χ1v) is 10.9. The number of piperidine rings is 1. The molecular formula is C26H29NNaO6-. The summed E-state index contributed by atoms with van der Waals surface area (Å²) in [7, 11) is 0. The van der Waals surface area contributed by atoms with Gasteiger partial charge >= 0.3 is 35.7 Å². The molecule has 1 N–H and O–H groups in total. The molecule has 2 aromatic carbocycles. The van der Waals surface area contributed by atoms with Crippen molar-refractivity contribution in [1.82, 2.24) is 4.90 Å². The van der Waals surface area contributed by atoms with Gasteiger partial charge in [0.15, 0.2) is 5.97 Å². The second kappa shape index (κ2) is 11.9. The standard InChI is InChI=1S/C26H28NO5.Na.H2O/c1-25(2)31-19-22(23(28)32-25)26(17-20-9-5-3-6-10-20)13-15-27(16-14-26)24(29)30-18-21-11-7-4-8-12-21;;/h3-12H,13-18H2,1-2H3;;1H2/q-1;+1;/p-1. The van der Waals surface area contributed by atoms with E-state index in [0.717, 1.165) is 11.1 Å². The van der Waals surface area contributed by atoms with Crippen LogP contribution in [0.25, 0.3) is 0 Å². The van der Waals surface area contributed by atoms with Crippen LogP contribution < -0.4 is 29.6 Å². The summed E-state index contributed by atoms with van der Waals surface area (Å²) < 4.78 is 16.6. The number of rotatable bonds is 5. The van der Waals surface area contributed by atoms with E-state index in [1.54, 1.807) is 18.7 Å². The average molecular weight is 475 g/mol.